The van der Waals surface area contributed by atoms with Crippen molar-refractivity contribution < 1.29 is 24.1 Å². The molecule has 0 fully saturated rings. The van der Waals surface area contributed by atoms with E-state index in [-0.39, 0.29) is 6.61 Å². The molecule has 3 N–H and O–H groups in total. The molecule has 44 heavy (non-hydrogen) atoms. The van der Waals surface area contributed by atoms with E-state index in [1.165, 1.54) is 0 Å². The summed E-state index contributed by atoms with van der Waals surface area (Å²) in [7, 11) is 3.22. The first kappa shape index (κ1) is 32.7. The van der Waals surface area contributed by atoms with Crippen LogP contribution in [0.2, 0.25) is 0 Å². The number of aliphatic hydroxyl groups excluding tert-OH is 1. The normalized spacial score (nSPS) is 11.0. The summed E-state index contributed by atoms with van der Waals surface area (Å²) < 4.78 is 23.2. The Labute approximate surface area is 260 Å². The van der Waals surface area contributed by atoms with Gasteiger partial charge >= 0.3 is 0 Å². The van der Waals surface area contributed by atoms with Crippen LogP contribution in [0.15, 0.2) is 60.7 Å². The predicted octanol–water partition coefficient (Wildman–Crippen LogP) is 5.52. The number of benzene rings is 2. The summed E-state index contributed by atoms with van der Waals surface area (Å²) in [6.07, 6.45) is 1.07. The van der Waals surface area contributed by atoms with Crippen LogP contribution in [0.1, 0.15) is 46.7 Å². The second-order valence-electron chi connectivity index (χ2n) is 10.5. The van der Waals surface area contributed by atoms with Crippen LogP contribution in [0.25, 0.3) is 11.1 Å². The maximum Gasteiger partial charge on any atom is 0.220 e. The zero-order valence-electron chi connectivity index (χ0n) is 26.4. The maximum absolute atomic E-state index is 9.01. The van der Waals surface area contributed by atoms with Gasteiger partial charge in [0.2, 0.25) is 23.5 Å². The summed E-state index contributed by atoms with van der Waals surface area (Å²) in [5, 5.41) is 15.5. The highest BCUT2D eigenvalue weighted by molar-refractivity contribution is 5.72. The molecule has 0 spiro atoms. The number of hydrogen-bond donors (Lipinski definition) is 3. The molecule has 9 nitrogen and oxygen atoms in total. The van der Waals surface area contributed by atoms with Gasteiger partial charge in [-0.3, -0.25) is 0 Å². The average Bonchev–Trinajstić information content (AvgIpc) is 3.05. The van der Waals surface area contributed by atoms with Gasteiger partial charge in [-0.05, 0) is 72.3 Å². The molecule has 0 saturated carbocycles. The molecule has 0 amide bonds. The van der Waals surface area contributed by atoms with Crippen LogP contribution < -0.4 is 29.6 Å². The topological polar surface area (TPSA) is 107 Å². The van der Waals surface area contributed by atoms with Crippen LogP contribution in [0.3, 0.4) is 0 Å². The average molecular weight is 601 g/mol. The molecule has 2 aromatic heterocycles. The Balaban J connectivity index is 1.45. The van der Waals surface area contributed by atoms with Crippen molar-refractivity contribution in [3.8, 4) is 34.6 Å². The molecule has 0 saturated heterocycles. The van der Waals surface area contributed by atoms with E-state index in [9.17, 15) is 0 Å². The molecule has 0 radical (unpaired) electrons. The van der Waals surface area contributed by atoms with Crippen molar-refractivity contribution in [1.29, 1.82) is 0 Å². The lowest BCUT2D eigenvalue weighted by Crippen LogP contribution is -2.18. The lowest BCUT2D eigenvalue weighted by atomic mass is 9.92. The Morgan fingerprint density at radius 2 is 1.11 bits per heavy atom. The van der Waals surface area contributed by atoms with Crippen molar-refractivity contribution in [3.63, 3.8) is 0 Å². The summed E-state index contributed by atoms with van der Waals surface area (Å²) in [6.45, 7) is 9.93. The molecule has 9 heteroatoms. The fourth-order valence-electron chi connectivity index (χ4n) is 4.96. The Morgan fingerprint density at radius 1 is 0.636 bits per heavy atom. The van der Waals surface area contributed by atoms with Gasteiger partial charge in [0.1, 0.15) is 13.2 Å². The van der Waals surface area contributed by atoms with Crippen molar-refractivity contribution in [1.82, 2.24) is 20.6 Å². The number of aromatic nitrogens is 2. The van der Waals surface area contributed by atoms with E-state index in [0.29, 0.717) is 56.4 Å². The summed E-state index contributed by atoms with van der Waals surface area (Å²) >= 11 is 0. The van der Waals surface area contributed by atoms with E-state index in [1.807, 2.05) is 24.3 Å². The van der Waals surface area contributed by atoms with Crippen molar-refractivity contribution in [2.45, 2.75) is 53.5 Å². The van der Waals surface area contributed by atoms with Crippen molar-refractivity contribution in [2.75, 3.05) is 33.9 Å². The molecule has 0 aliphatic carbocycles. The molecule has 2 heterocycles. The third-order valence-corrected chi connectivity index (χ3v) is 7.49. The number of nitrogens with zero attached hydrogens (tertiary/aromatic N) is 2. The third kappa shape index (κ3) is 8.47. The SMILES string of the molecule is CCCNCc1ccc(OCc2cccc(-c3cccc(COc4ccc(CNCCO)c(OC)n4)c3C)c2C)nc1OC. The summed E-state index contributed by atoms with van der Waals surface area (Å²) in [5.74, 6) is 2.09. The number of rotatable bonds is 17. The molecule has 0 aliphatic heterocycles. The molecule has 234 valence electrons. The maximum atomic E-state index is 9.01. The zero-order chi connectivity index (χ0) is 31.3. The quantitative estimate of drug-likeness (QED) is 0.135. The molecule has 0 atom stereocenters. The van der Waals surface area contributed by atoms with Crippen molar-refractivity contribution in [3.05, 3.63) is 94.0 Å². The van der Waals surface area contributed by atoms with E-state index < -0.39 is 0 Å². The Bertz CT molecular complexity index is 1400. The summed E-state index contributed by atoms with van der Waals surface area (Å²) in [6, 6.07) is 20.2. The number of methoxy groups -OCH3 is 2. The first-order chi connectivity index (χ1) is 21.5. The smallest absolute Gasteiger partial charge is 0.220 e. The minimum Gasteiger partial charge on any atom is -0.481 e. The van der Waals surface area contributed by atoms with Gasteiger partial charge in [0.15, 0.2) is 0 Å². The second-order valence-corrected chi connectivity index (χ2v) is 10.5. The fraction of sp³-hybridized carbons (Fsp3) is 0.371. The van der Waals surface area contributed by atoms with Crippen LogP contribution >= 0.6 is 0 Å². The number of aliphatic hydroxyl groups is 1. The van der Waals surface area contributed by atoms with E-state index in [1.54, 1.807) is 14.2 Å². The van der Waals surface area contributed by atoms with Gasteiger partial charge in [-0.25, -0.2) is 0 Å². The Morgan fingerprint density at radius 3 is 1.55 bits per heavy atom. The van der Waals surface area contributed by atoms with Gasteiger partial charge < -0.3 is 34.7 Å². The van der Waals surface area contributed by atoms with E-state index >= 15 is 0 Å². The first-order valence-corrected chi connectivity index (χ1v) is 15.0. The molecule has 0 bridgehead atoms. The van der Waals surface area contributed by atoms with Gasteiger partial charge in [-0.1, -0.05) is 43.3 Å². The van der Waals surface area contributed by atoms with Crippen LogP contribution in [-0.2, 0) is 26.3 Å². The monoisotopic (exact) mass is 600 g/mol. The van der Waals surface area contributed by atoms with E-state index in [2.05, 4.69) is 77.8 Å². The number of pyridine rings is 2. The molecule has 2 aromatic carbocycles. The lowest BCUT2D eigenvalue weighted by Gasteiger charge is -2.17. The second kappa shape index (κ2) is 16.6. The minimum atomic E-state index is 0.0754. The van der Waals surface area contributed by atoms with Crippen LogP contribution in [0.4, 0.5) is 0 Å². The fourth-order valence-corrected chi connectivity index (χ4v) is 4.96. The van der Waals surface area contributed by atoms with E-state index in [0.717, 1.165) is 57.5 Å². The van der Waals surface area contributed by atoms with Crippen LogP contribution in [0.5, 0.6) is 23.5 Å². The highest BCUT2D eigenvalue weighted by atomic mass is 16.5. The predicted molar refractivity (Wildman–Crippen MR) is 172 cm³/mol. The van der Waals surface area contributed by atoms with Gasteiger partial charge in [-0.2, -0.15) is 9.97 Å². The molecule has 0 unspecified atom stereocenters. The van der Waals surface area contributed by atoms with E-state index in [4.69, 9.17) is 24.1 Å². The van der Waals surface area contributed by atoms with Crippen LogP contribution in [-0.4, -0.2) is 49.0 Å². The number of ether oxygens (including phenoxy) is 4. The zero-order valence-corrected chi connectivity index (χ0v) is 26.4. The standard InChI is InChI=1S/C35H44N4O5/c1-6-17-36-20-26-13-15-32(38-34(26)41-4)43-22-28-9-7-11-30(24(28)2)31-12-8-10-29(25(31)3)23-44-33-16-14-27(21-37-18-19-40)35(39-33)42-5/h7-16,36-37,40H,6,17-23H2,1-5H3. The van der Waals surface area contributed by atoms with Gasteiger partial charge in [0.05, 0.1) is 20.8 Å². The lowest BCUT2D eigenvalue weighted by molar-refractivity contribution is 0.283. The largest absolute Gasteiger partial charge is 0.481 e. The van der Waals surface area contributed by atoms with Crippen molar-refractivity contribution in [2.24, 2.45) is 0 Å². The first-order valence-electron chi connectivity index (χ1n) is 15.0. The molecule has 0 aliphatic rings. The molecular formula is C35H44N4O5. The number of hydrogen-bond acceptors (Lipinski definition) is 9. The summed E-state index contributed by atoms with van der Waals surface area (Å²) in [4.78, 5) is 9.10. The van der Waals surface area contributed by atoms with Gasteiger partial charge in [0, 0.05) is 42.9 Å². The highest BCUT2D eigenvalue weighted by Crippen LogP contribution is 2.31. The van der Waals surface area contributed by atoms with Gasteiger partial charge in [0.25, 0.3) is 0 Å². The van der Waals surface area contributed by atoms with Crippen molar-refractivity contribution >= 4 is 0 Å². The molecule has 4 aromatic rings. The minimum absolute atomic E-state index is 0.0754. The third-order valence-electron chi connectivity index (χ3n) is 7.49. The summed E-state index contributed by atoms with van der Waals surface area (Å²) in [5.41, 5.74) is 8.65. The van der Waals surface area contributed by atoms with Gasteiger partial charge in [-0.15, -0.1) is 0 Å². The highest BCUT2D eigenvalue weighted by Gasteiger charge is 2.14. The molecular weight excluding hydrogens is 556 g/mol. The number of nitrogens with one attached hydrogen (secondary N) is 2. The Kier molecular flexibility index (Phi) is 12.4. The van der Waals surface area contributed by atoms with Crippen LogP contribution in [0, 0.1) is 13.8 Å². The molecule has 4 rings (SSSR count). The Hall–Kier alpha value is -4.18.